The SMILES string of the molecule is NCCCC[C@@H]1NC(=O)[C@@H]2C[C@H](C(=O)NCc3ccc(F)cc3)[C@H](c3cccc(OCCO)c3)N2C1=O. The molecule has 4 rings (SSSR count). The minimum absolute atomic E-state index is 0.104. The Hall–Kier alpha value is -3.50. The number of carbonyl (C=O) groups excluding carboxylic acids is 3. The smallest absolute Gasteiger partial charge is 0.246 e. The first-order valence-electron chi connectivity index (χ1n) is 12.6. The molecular weight excluding hydrogens is 479 g/mol. The van der Waals surface area contributed by atoms with E-state index in [1.165, 1.54) is 12.1 Å². The van der Waals surface area contributed by atoms with Crippen molar-refractivity contribution in [3.05, 3.63) is 65.5 Å². The molecule has 5 N–H and O–H groups in total. The standard InChI is InChI=1S/C27H33FN4O5/c28-19-9-7-17(8-10-19)16-30-25(34)21-15-23-26(35)31-22(6-1-2-11-29)27(36)32(23)24(21)18-4-3-5-20(14-18)37-13-12-33/h3-5,7-10,14,21-24,33H,1-2,6,11-13,15-16,29H2,(H,30,34)(H,31,35)/t21-,22-,23-,24-/m0/s1. The topological polar surface area (TPSA) is 134 Å². The predicted molar refractivity (Wildman–Crippen MR) is 134 cm³/mol. The summed E-state index contributed by atoms with van der Waals surface area (Å²) in [5, 5.41) is 14.9. The molecule has 0 aliphatic carbocycles. The quantitative estimate of drug-likeness (QED) is 0.336. The number of hydrogen-bond donors (Lipinski definition) is 4. The van der Waals surface area contributed by atoms with Crippen molar-refractivity contribution in [2.24, 2.45) is 11.7 Å². The van der Waals surface area contributed by atoms with Crippen LogP contribution in [0.2, 0.25) is 0 Å². The number of unbranched alkanes of at least 4 members (excludes halogenated alkanes) is 1. The van der Waals surface area contributed by atoms with Crippen LogP contribution in [0.5, 0.6) is 5.75 Å². The van der Waals surface area contributed by atoms with E-state index >= 15 is 0 Å². The molecule has 0 aromatic heterocycles. The van der Waals surface area contributed by atoms with Gasteiger partial charge in [-0.2, -0.15) is 0 Å². The molecule has 10 heteroatoms. The second kappa shape index (κ2) is 12.2. The van der Waals surface area contributed by atoms with Gasteiger partial charge in [0.15, 0.2) is 0 Å². The lowest BCUT2D eigenvalue weighted by atomic mass is 9.92. The van der Waals surface area contributed by atoms with E-state index in [0.29, 0.717) is 30.7 Å². The number of rotatable bonds is 11. The minimum Gasteiger partial charge on any atom is -0.491 e. The maximum absolute atomic E-state index is 13.6. The van der Waals surface area contributed by atoms with E-state index in [4.69, 9.17) is 15.6 Å². The van der Waals surface area contributed by atoms with Crippen LogP contribution >= 0.6 is 0 Å². The van der Waals surface area contributed by atoms with Gasteiger partial charge in [0, 0.05) is 6.54 Å². The normalized spacial score (nSPS) is 22.9. The fraction of sp³-hybridized carbons (Fsp3) is 0.444. The third-order valence-corrected chi connectivity index (χ3v) is 6.89. The number of benzene rings is 2. The summed E-state index contributed by atoms with van der Waals surface area (Å²) in [6, 6.07) is 10.8. The Morgan fingerprint density at radius 1 is 1.19 bits per heavy atom. The highest BCUT2D eigenvalue weighted by molar-refractivity contribution is 5.99. The van der Waals surface area contributed by atoms with Crippen molar-refractivity contribution in [2.45, 2.75) is 50.4 Å². The monoisotopic (exact) mass is 512 g/mol. The number of amides is 3. The first-order chi connectivity index (χ1) is 17.9. The number of aliphatic hydroxyl groups is 1. The van der Waals surface area contributed by atoms with Gasteiger partial charge in [0.2, 0.25) is 17.7 Å². The highest BCUT2D eigenvalue weighted by Crippen LogP contribution is 2.44. The molecule has 2 aromatic rings. The Morgan fingerprint density at radius 3 is 2.70 bits per heavy atom. The fourth-order valence-corrected chi connectivity index (χ4v) is 5.11. The summed E-state index contributed by atoms with van der Waals surface area (Å²) in [7, 11) is 0. The molecule has 0 spiro atoms. The number of carbonyl (C=O) groups is 3. The van der Waals surface area contributed by atoms with Crippen molar-refractivity contribution in [3.63, 3.8) is 0 Å². The molecule has 37 heavy (non-hydrogen) atoms. The predicted octanol–water partition coefficient (Wildman–Crippen LogP) is 1.40. The number of halogens is 1. The number of fused-ring (bicyclic) bond motifs is 1. The molecule has 2 saturated heterocycles. The number of piperazine rings is 1. The first-order valence-corrected chi connectivity index (χ1v) is 12.6. The van der Waals surface area contributed by atoms with Gasteiger partial charge in [-0.1, -0.05) is 24.3 Å². The summed E-state index contributed by atoms with van der Waals surface area (Å²) >= 11 is 0. The number of nitrogens with zero attached hydrogens (tertiary/aromatic N) is 1. The number of nitrogens with one attached hydrogen (secondary N) is 2. The highest BCUT2D eigenvalue weighted by Gasteiger charge is 2.54. The minimum atomic E-state index is -0.771. The van der Waals surface area contributed by atoms with Gasteiger partial charge in [-0.15, -0.1) is 0 Å². The van der Waals surface area contributed by atoms with Crippen LogP contribution in [0.1, 0.15) is 42.9 Å². The average Bonchev–Trinajstić information content (AvgIpc) is 3.32. The van der Waals surface area contributed by atoms with Crippen molar-refractivity contribution in [1.82, 2.24) is 15.5 Å². The van der Waals surface area contributed by atoms with Crippen LogP contribution in [-0.4, -0.2) is 59.6 Å². The summed E-state index contributed by atoms with van der Waals surface area (Å²) in [6.07, 6.45) is 2.08. The Bertz CT molecular complexity index is 1110. The van der Waals surface area contributed by atoms with Gasteiger partial charge in [-0.05, 0) is 67.6 Å². The van der Waals surface area contributed by atoms with Crippen LogP contribution in [0.15, 0.2) is 48.5 Å². The van der Waals surface area contributed by atoms with E-state index in [0.717, 1.165) is 12.0 Å². The van der Waals surface area contributed by atoms with E-state index in [-0.39, 0.29) is 49.7 Å². The summed E-state index contributed by atoms with van der Waals surface area (Å²) < 4.78 is 18.8. The third-order valence-electron chi connectivity index (χ3n) is 6.89. The molecule has 0 radical (unpaired) electrons. The van der Waals surface area contributed by atoms with Gasteiger partial charge >= 0.3 is 0 Å². The number of ether oxygens (including phenoxy) is 1. The second-order valence-electron chi connectivity index (χ2n) is 9.38. The van der Waals surface area contributed by atoms with Gasteiger partial charge in [0.25, 0.3) is 0 Å². The van der Waals surface area contributed by atoms with Crippen LogP contribution in [0.4, 0.5) is 4.39 Å². The second-order valence-corrected chi connectivity index (χ2v) is 9.38. The van der Waals surface area contributed by atoms with Crippen molar-refractivity contribution < 1.29 is 28.6 Å². The van der Waals surface area contributed by atoms with Gasteiger partial charge in [-0.3, -0.25) is 14.4 Å². The summed E-state index contributed by atoms with van der Waals surface area (Å²) in [4.78, 5) is 41.7. The summed E-state index contributed by atoms with van der Waals surface area (Å²) in [6.45, 7) is 0.640. The maximum Gasteiger partial charge on any atom is 0.246 e. The van der Waals surface area contributed by atoms with Crippen LogP contribution in [0.25, 0.3) is 0 Å². The summed E-state index contributed by atoms with van der Waals surface area (Å²) in [5.41, 5.74) is 7.00. The third kappa shape index (κ3) is 6.08. The zero-order valence-corrected chi connectivity index (χ0v) is 20.6. The lowest BCUT2D eigenvalue weighted by molar-refractivity contribution is -0.149. The van der Waals surface area contributed by atoms with Crippen LogP contribution in [0, 0.1) is 11.7 Å². The lowest BCUT2D eigenvalue weighted by Crippen LogP contribution is -2.61. The number of aliphatic hydroxyl groups excluding tert-OH is 1. The van der Waals surface area contributed by atoms with Crippen LogP contribution in [-0.2, 0) is 20.9 Å². The number of nitrogens with two attached hydrogens (primary N) is 1. The van der Waals surface area contributed by atoms with Gasteiger partial charge < -0.3 is 31.1 Å². The fourth-order valence-electron chi connectivity index (χ4n) is 5.11. The lowest BCUT2D eigenvalue weighted by Gasteiger charge is -2.38. The molecule has 0 unspecified atom stereocenters. The molecular formula is C27H33FN4O5. The molecule has 2 aliphatic heterocycles. The molecule has 9 nitrogen and oxygen atoms in total. The zero-order valence-electron chi connectivity index (χ0n) is 20.6. The molecule has 2 fully saturated rings. The largest absolute Gasteiger partial charge is 0.491 e. The van der Waals surface area contributed by atoms with E-state index in [1.54, 1.807) is 35.2 Å². The Morgan fingerprint density at radius 2 is 1.97 bits per heavy atom. The van der Waals surface area contributed by atoms with E-state index in [2.05, 4.69) is 10.6 Å². The molecule has 4 atom stereocenters. The van der Waals surface area contributed by atoms with Crippen molar-refractivity contribution in [3.8, 4) is 5.75 Å². The van der Waals surface area contributed by atoms with Gasteiger partial charge in [0.1, 0.15) is 30.3 Å². The van der Waals surface area contributed by atoms with E-state index in [9.17, 15) is 18.8 Å². The highest BCUT2D eigenvalue weighted by atomic mass is 19.1. The first kappa shape index (κ1) is 26.6. The molecule has 2 heterocycles. The number of hydrogen-bond acceptors (Lipinski definition) is 6. The Labute approximate surface area is 215 Å². The van der Waals surface area contributed by atoms with Crippen molar-refractivity contribution in [2.75, 3.05) is 19.8 Å². The van der Waals surface area contributed by atoms with E-state index < -0.39 is 24.0 Å². The summed E-state index contributed by atoms with van der Waals surface area (Å²) in [5.74, 6) is -1.35. The molecule has 198 valence electrons. The van der Waals surface area contributed by atoms with Crippen LogP contribution < -0.4 is 21.1 Å². The average molecular weight is 513 g/mol. The molecule has 2 aliphatic rings. The van der Waals surface area contributed by atoms with Crippen molar-refractivity contribution >= 4 is 17.7 Å². The molecule has 0 bridgehead atoms. The Balaban J connectivity index is 1.61. The van der Waals surface area contributed by atoms with Crippen molar-refractivity contribution in [1.29, 1.82) is 0 Å². The maximum atomic E-state index is 13.6. The van der Waals surface area contributed by atoms with Crippen LogP contribution in [0.3, 0.4) is 0 Å². The molecule has 0 saturated carbocycles. The van der Waals surface area contributed by atoms with Gasteiger partial charge in [-0.25, -0.2) is 4.39 Å². The zero-order chi connectivity index (χ0) is 26.4. The molecule has 3 amide bonds. The van der Waals surface area contributed by atoms with Gasteiger partial charge in [0.05, 0.1) is 18.6 Å². The Kier molecular flexibility index (Phi) is 8.73. The molecule has 2 aromatic carbocycles. The van der Waals surface area contributed by atoms with E-state index in [1.807, 2.05) is 6.07 Å².